The molecule has 2 aliphatic rings. The van der Waals surface area contributed by atoms with Crippen molar-refractivity contribution in [2.24, 2.45) is 0 Å². The van der Waals surface area contributed by atoms with Crippen molar-refractivity contribution in [1.82, 2.24) is 4.98 Å². The van der Waals surface area contributed by atoms with Crippen LogP contribution in [0.5, 0.6) is 5.88 Å². The second kappa shape index (κ2) is 4.61. The fraction of sp³-hybridized carbons (Fsp3) is 0.583. The smallest absolute Gasteiger partial charge is 0.234 e. The van der Waals surface area contributed by atoms with Crippen LogP contribution in [0.1, 0.15) is 19.3 Å². The number of hydrogen-bond donors (Lipinski definition) is 0. The Kier molecular flexibility index (Phi) is 3.19. The number of sulfone groups is 1. The molecule has 5 nitrogen and oxygen atoms in total. The van der Waals surface area contributed by atoms with E-state index in [-0.39, 0.29) is 21.7 Å². The summed E-state index contributed by atoms with van der Waals surface area (Å²) in [6, 6.07) is 2.95. The standard InChI is InChI=1S/C12H14ClNO4S/c13-10-2-1-9-11(14-10)18-12(3-6-17-7-4-12)5-8-19(9,15)16/h1-2H,3-8H2. The molecule has 2 aliphatic heterocycles. The van der Waals surface area contributed by atoms with E-state index in [1.807, 2.05) is 0 Å². The molecular weight excluding hydrogens is 290 g/mol. The first-order valence-corrected chi connectivity index (χ1v) is 8.20. The van der Waals surface area contributed by atoms with Crippen LogP contribution in [-0.2, 0) is 14.6 Å². The maximum Gasteiger partial charge on any atom is 0.234 e. The Morgan fingerprint density at radius 2 is 1.95 bits per heavy atom. The van der Waals surface area contributed by atoms with Crippen LogP contribution in [0.3, 0.4) is 0 Å². The molecule has 1 spiro atoms. The summed E-state index contributed by atoms with van der Waals surface area (Å²) in [7, 11) is -3.36. The van der Waals surface area contributed by atoms with E-state index in [1.54, 1.807) is 0 Å². The van der Waals surface area contributed by atoms with Gasteiger partial charge in [0, 0.05) is 19.3 Å². The predicted molar refractivity (Wildman–Crippen MR) is 69.3 cm³/mol. The summed E-state index contributed by atoms with van der Waals surface area (Å²) < 4.78 is 35.7. The highest BCUT2D eigenvalue weighted by Crippen LogP contribution is 2.38. The van der Waals surface area contributed by atoms with E-state index < -0.39 is 15.4 Å². The Morgan fingerprint density at radius 1 is 1.21 bits per heavy atom. The molecule has 3 heterocycles. The topological polar surface area (TPSA) is 65.5 Å². The molecule has 1 aromatic rings. The van der Waals surface area contributed by atoms with Gasteiger partial charge < -0.3 is 9.47 Å². The van der Waals surface area contributed by atoms with Crippen LogP contribution < -0.4 is 4.74 Å². The van der Waals surface area contributed by atoms with E-state index in [1.165, 1.54) is 12.1 Å². The number of nitrogens with zero attached hydrogens (tertiary/aromatic N) is 1. The van der Waals surface area contributed by atoms with Gasteiger partial charge in [-0.05, 0) is 12.1 Å². The van der Waals surface area contributed by atoms with E-state index in [9.17, 15) is 8.42 Å². The molecule has 1 saturated heterocycles. The number of hydrogen-bond acceptors (Lipinski definition) is 5. The van der Waals surface area contributed by atoms with Crippen molar-refractivity contribution in [3.8, 4) is 5.88 Å². The quantitative estimate of drug-likeness (QED) is 0.684. The lowest BCUT2D eigenvalue weighted by atomic mass is 9.91. The normalized spacial score (nSPS) is 24.3. The van der Waals surface area contributed by atoms with Gasteiger partial charge in [-0.3, -0.25) is 0 Å². The number of rotatable bonds is 0. The number of halogens is 1. The van der Waals surface area contributed by atoms with Crippen LogP contribution >= 0.6 is 11.6 Å². The average Bonchev–Trinajstić information content (AvgIpc) is 2.46. The van der Waals surface area contributed by atoms with Gasteiger partial charge in [-0.2, -0.15) is 0 Å². The van der Waals surface area contributed by atoms with E-state index in [2.05, 4.69) is 4.98 Å². The molecule has 0 unspecified atom stereocenters. The van der Waals surface area contributed by atoms with Crippen LogP contribution in [0.4, 0.5) is 0 Å². The molecule has 1 fully saturated rings. The number of aromatic nitrogens is 1. The second-order valence-electron chi connectivity index (χ2n) is 4.90. The number of fused-ring (bicyclic) bond motifs is 1. The molecular formula is C12H14ClNO4S. The molecule has 0 saturated carbocycles. The SMILES string of the molecule is O=S1(=O)CCC2(CCOCC2)Oc2nc(Cl)ccc21. The van der Waals surface area contributed by atoms with Crippen molar-refractivity contribution in [1.29, 1.82) is 0 Å². The second-order valence-corrected chi connectivity index (χ2v) is 7.37. The van der Waals surface area contributed by atoms with Gasteiger partial charge in [0.15, 0.2) is 9.84 Å². The molecule has 0 bridgehead atoms. The van der Waals surface area contributed by atoms with Gasteiger partial charge in [-0.1, -0.05) is 11.6 Å². The third-order valence-corrected chi connectivity index (χ3v) is 5.60. The fourth-order valence-corrected chi connectivity index (χ4v) is 4.13. The first-order chi connectivity index (χ1) is 9.01. The summed E-state index contributed by atoms with van der Waals surface area (Å²) in [5.74, 6) is 0.204. The Morgan fingerprint density at radius 3 is 2.68 bits per heavy atom. The van der Waals surface area contributed by atoms with Crippen molar-refractivity contribution in [3.63, 3.8) is 0 Å². The van der Waals surface area contributed by atoms with Crippen LogP contribution in [0.25, 0.3) is 0 Å². The highest BCUT2D eigenvalue weighted by Gasteiger charge is 2.41. The fourth-order valence-electron chi connectivity index (χ4n) is 2.50. The lowest BCUT2D eigenvalue weighted by Gasteiger charge is -2.35. The van der Waals surface area contributed by atoms with Crippen LogP contribution in [-0.4, -0.2) is 38.0 Å². The highest BCUT2D eigenvalue weighted by molar-refractivity contribution is 7.91. The van der Waals surface area contributed by atoms with E-state index in [4.69, 9.17) is 21.1 Å². The largest absolute Gasteiger partial charge is 0.470 e. The minimum Gasteiger partial charge on any atom is -0.470 e. The third-order valence-electron chi connectivity index (χ3n) is 3.67. The molecule has 0 radical (unpaired) electrons. The highest BCUT2D eigenvalue weighted by atomic mass is 35.5. The number of pyridine rings is 1. The van der Waals surface area contributed by atoms with Crippen molar-refractivity contribution in [2.75, 3.05) is 19.0 Å². The summed E-state index contributed by atoms with van der Waals surface area (Å²) in [6.07, 6.45) is 1.82. The zero-order valence-electron chi connectivity index (χ0n) is 10.3. The van der Waals surface area contributed by atoms with Crippen molar-refractivity contribution >= 4 is 21.4 Å². The summed E-state index contributed by atoms with van der Waals surface area (Å²) in [4.78, 5) is 4.18. The zero-order chi connectivity index (χ0) is 13.5. The summed E-state index contributed by atoms with van der Waals surface area (Å²) in [6.45, 7) is 1.16. The van der Waals surface area contributed by atoms with Crippen LogP contribution in [0.15, 0.2) is 17.0 Å². The van der Waals surface area contributed by atoms with Crippen LogP contribution in [0.2, 0.25) is 5.15 Å². The summed E-state index contributed by atoms with van der Waals surface area (Å²) in [5, 5.41) is 0.234. The van der Waals surface area contributed by atoms with Crippen molar-refractivity contribution < 1.29 is 17.9 Å². The molecule has 3 rings (SSSR count). The first kappa shape index (κ1) is 13.1. The maximum absolute atomic E-state index is 12.2. The Labute approximate surface area is 116 Å². The molecule has 0 N–H and O–H groups in total. The van der Waals surface area contributed by atoms with Crippen molar-refractivity contribution in [2.45, 2.75) is 29.8 Å². The van der Waals surface area contributed by atoms with Crippen LogP contribution in [0, 0.1) is 0 Å². The third kappa shape index (κ3) is 2.44. The molecule has 0 aliphatic carbocycles. The zero-order valence-corrected chi connectivity index (χ0v) is 11.8. The minimum atomic E-state index is -3.36. The van der Waals surface area contributed by atoms with Gasteiger partial charge in [0.05, 0.1) is 19.0 Å². The summed E-state index contributed by atoms with van der Waals surface area (Å²) >= 11 is 5.84. The van der Waals surface area contributed by atoms with E-state index in [0.717, 1.165) is 0 Å². The lowest BCUT2D eigenvalue weighted by Crippen LogP contribution is -2.42. The monoisotopic (exact) mass is 303 g/mol. The van der Waals surface area contributed by atoms with Gasteiger partial charge in [0.25, 0.3) is 0 Å². The van der Waals surface area contributed by atoms with Crippen molar-refractivity contribution in [3.05, 3.63) is 17.3 Å². The molecule has 104 valence electrons. The molecule has 0 aromatic carbocycles. The molecule has 19 heavy (non-hydrogen) atoms. The molecule has 7 heteroatoms. The van der Waals surface area contributed by atoms with Gasteiger partial charge >= 0.3 is 0 Å². The predicted octanol–water partition coefficient (Wildman–Crippen LogP) is 1.84. The van der Waals surface area contributed by atoms with Gasteiger partial charge in [-0.25, -0.2) is 13.4 Å². The van der Waals surface area contributed by atoms with Gasteiger partial charge in [0.1, 0.15) is 15.6 Å². The van der Waals surface area contributed by atoms with Gasteiger partial charge in [-0.15, -0.1) is 0 Å². The number of ether oxygens (including phenoxy) is 2. The molecule has 0 amide bonds. The molecule has 1 aromatic heterocycles. The maximum atomic E-state index is 12.2. The lowest BCUT2D eigenvalue weighted by molar-refractivity contribution is -0.0499. The van der Waals surface area contributed by atoms with E-state index in [0.29, 0.717) is 32.5 Å². The van der Waals surface area contributed by atoms with Gasteiger partial charge in [0.2, 0.25) is 5.88 Å². The van der Waals surface area contributed by atoms with E-state index >= 15 is 0 Å². The first-order valence-electron chi connectivity index (χ1n) is 6.17. The minimum absolute atomic E-state index is 0.0727. The summed E-state index contributed by atoms with van der Waals surface area (Å²) in [5.41, 5.74) is -0.492. The Bertz CT molecular complexity index is 596. The molecule has 0 atom stereocenters. The Balaban J connectivity index is 2.07. The average molecular weight is 304 g/mol. The Hall–Kier alpha value is -0.850.